The molecule has 0 bridgehead atoms. The average molecular weight is 650 g/mol. The molecule has 0 unspecified atom stereocenters. The summed E-state index contributed by atoms with van der Waals surface area (Å²) in [6, 6.07) is 21.2. The molecule has 0 saturated carbocycles. The Hall–Kier alpha value is -4.80. The number of anilines is 1. The number of esters is 1. The number of amides is 3. The zero-order valence-electron chi connectivity index (χ0n) is 27.0. The minimum atomic E-state index is -1.49. The number of ether oxygens (including phenoxy) is 2. The van der Waals surface area contributed by atoms with Crippen molar-refractivity contribution in [2.45, 2.75) is 49.7 Å². The van der Waals surface area contributed by atoms with E-state index in [2.05, 4.69) is 0 Å². The van der Waals surface area contributed by atoms with Crippen LogP contribution in [0.2, 0.25) is 0 Å². The molecule has 2 fully saturated rings. The van der Waals surface area contributed by atoms with E-state index in [4.69, 9.17) is 9.47 Å². The third kappa shape index (κ3) is 5.20. The molecule has 10 nitrogen and oxygen atoms in total. The van der Waals surface area contributed by atoms with Gasteiger partial charge in [-0.3, -0.25) is 19.2 Å². The van der Waals surface area contributed by atoms with Gasteiger partial charge in [0.2, 0.25) is 11.8 Å². The lowest BCUT2D eigenvalue weighted by Gasteiger charge is -2.35. The number of benzene rings is 3. The number of carbonyl (C=O) groups is 4. The molecule has 7 atom stereocenters. The minimum absolute atomic E-state index is 0.0926. The van der Waals surface area contributed by atoms with Gasteiger partial charge in [-0.15, -0.1) is 0 Å². The van der Waals surface area contributed by atoms with Crippen LogP contribution in [0, 0.1) is 11.8 Å². The highest BCUT2D eigenvalue weighted by molar-refractivity contribution is 6.06. The van der Waals surface area contributed by atoms with Gasteiger partial charge in [0.15, 0.2) is 0 Å². The van der Waals surface area contributed by atoms with E-state index in [9.17, 15) is 24.3 Å². The van der Waals surface area contributed by atoms with Crippen molar-refractivity contribution in [3.05, 3.63) is 103 Å². The summed E-state index contributed by atoms with van der Waals surface area (Å²) in [5.41, 5.74) is -0.115. The van der Waals surface area contributed by atoms with E-state index >= 15 is 0 Å². The van der Waals surface area contributed by atoms with E-state index in [1.165, 1.54) is 4.90 Å². The van der Waals surface area contributed by atoms with Crippen LogP contribution in [0.25, 0.3) is 10.8 Å². The fourth-order valence-electron chi connectivity index (χ4n) is 7.81. The molecule has 3 aromatic rings. The molecule has 3 amide bonds. The smallest absolute Gasteiger partial charge is 0.313 e. The van der Waals surface area contributed by atoms with Gasteiger partial charge in [-0.1, -0.05) is 85.0 Å². The summed E-state index contributed by atoms with van der Waals surface area (Å²) < 4.78 is 13.0. The topological polar surface area (TPSA) is 117 Å². The number of aliphatic hydroxyl groups is 1. The Bertz CT molecular complexity index is 1810. The summed E-state index contributed by atoms with van der Waals surface area (Å²) in [5.74, 6) is -3.72. The maximum Gasteiger partial charge on any atom is 0.313 e. The van der Waals surface area contributed by atoms with Gasteiger partial charge in [-0.25, -0.2) is 0 Å². The number of fused-ring (bicyclic) bond motifs is 3. The second-order valence-corrected chi connectivity index (χ2v) is 13.0. The highest BCUT2D eigenvalue weighted by Crippen LogP contribution is 2.53. The zero-order chi connectivity index (χ0) is 33.6. The van der Waals surface area contributed by atoms with Crippen LogP contribution in [-0.4, -0.2) is 89.1 Å². The Balaban J connectivity index is 1.30. The molecule has 48 heavy (non-hydrogen) atoms. The van der Waals surface area contributed by atoms with E-state index in [1.54, 1.807) is 35.1 Å². The van der Waals surface area contributed by atoms with E-state index in [0.29, 0.717) is 17.7 Å². The van der Waals surface area contributed by atoms with Gasteiger partial charge in [0.05, 0.1) is 24.7 Å². The molecule has 1 N–H and O–H groups in total. The second-order valence-electron chi connectivity index (χ2n) is 13.0. The number of β-amino-alcohol motifs (C(OH)–C–C–N with tert-alkyl or cyclic N) is 1. The molecule has 2 saturated heterocycles. The van der Waals surface area contributed by atoms with Crippen molar-refractivity contribution in [3.8, 4) is 0 Å². The maximum absolute atomic E-state index is 14.7. The lowest BCUT2D eigenvalue weighted by atomic mass is 9.77. The molecule has 4 heterocycles. The number of hydrogen-bond donors (Lipinski definition) is 1. The van der Waals surface area contributed by atoms with Crippen LogP contribution < -0.4 is 4.90 Å². The van der Waals surface area contributed by atoms with Gasteiger partial charge in [-0.05, 0) is 41.8 Å². The molecule has 7 rings (SSSR count). The van der Waals surface area contributed by atoms with E-state index in [1.807, 2.05) is 85.8 Å². The van der Waals surface area contributed by atoms with Crippen molar-refractivity contribution in [1.82, 2.24) is 9.80 Å². The summed E-state index contributed by atoms with van der Waals surface area (Å²) in [6.45, 7) is 1.59. The number of likely N-dealkylation sites (N-methyl/N-ethyl adjacent to an activating group) is 1. The third-order valence-electron chi connectivity index (χ3n) is 10.3. The molecule has 10 heteroatoms. The Morgan fingerprint density at radius 2 is 1.67 bits per heavy atom. The molecule has 4 aliphatic rings. The number of carbonyl (C=O) groups excluding carboxylic acids is 4. The van der Waals surface area contributed by atoms with Gasteiger partial charge < -0.3 is 29.3 Å². The number of rotatable bonds is 4. The minimum Gasteiger partial charge on any atom is -0.455 e. The first kappa shape index (κ1) is 31.8. The molecule has 0 aromatic heterocycles. The highest BCUT2D eigenvalue weighted by Gasteiger charge is 2.71. The van der Waals surface area contributed by atoms with E-state index < -0.39 is 53.6 Å². The van der Waals surface area contributed by atoms with Crippen LogP contribution in [0.5, 0.6) is 0 Å². The largest absolute Gasteiger partial charge is 0.455 e. The quantitative estimate of drug-likeness (QED) is 0.338. The fourth-order valence-corrected chi connectivity index (χ4v) is 7.81. The molecule has 4 aliphatic heterocycles. The normalized spacial score (nSPS) is 31.4. The fraction of sp³-hybridized carbons (Fsp3) is 0.368. The first-order valence-electron chi connectivity index (χ1n) is 16.5. The predicted octanol–water partition coefficient (Wildman–Crippen LogP) is 3.80. The standard InChI is InChI=1S/C38H39N3O7/c1-24-33(26-12-4-3-5-13-26)47-37(46)31-29(15-8-9-16-30(43)39(24)2)48-38-19-10-20-40(28-18-17-25-11-6-7-14-27(25)23-28)36(45)34(38)41(21-22-42)35(44)32(31)38/h3-8,10-15,17-19,23-24,29,31-34,42H,9,16,20-22H2,1-2H3/b15-8-/t24-,29-,31+,32+,33+,34-,38+/m0/s1. The van der Waals surface area contributed by atoms with Crippen molar-refractivity contribution >= 4 is 40.2 Å². The van der Waals surface area contributed by atoms with Crippen LogP contribution in [0.1, 0.15) is 31.4 Å². The summed E-state index contributed by atoms with van der Waals surface area (Å²) in [5, 5.41) is 12.1. The van der Waals surface area contributed by atoms with Gasteiger partial charge in [0.25, 0.3) is 5.91 Å². The van der Waals surface area contributed by atoms with Crippen molar-refractivity contribution < 1.29 is 33.8 Å². The molecule has 3 aromatic carbocycles. The van der Waals surface area contributed by atoms with Crippen molar-refractivity contribution in [1.29, 1.82) is 0 Å². The van der Waals surface area contributed by atoms with Gasteiger partial charge in [0, 0.05) is 32.2 Å². The van der Waals surface area contributed by atoms with Crippen LogP contribution in [0.3, 0.4) is 0 Å². The molecule has 1 spiro atoms. The van der Waals surface area contributed by atoms with Crippen molar-refractivity contribution in [3.63, 3.8) is 0 Å². The molecule has 0 radical (unpaired) electrons. The molecule has 248 valence electrons. The molecular weight excluding hydrogens is 610 g/mol. The Kier molecular flexibility index (Phi) is 8.39. The highest BCUT2D eigenvalue weighted by atomic mass is 16.6. The maximum atomic E-state index is 14.7. The number of nitrogens with zero attached hydrogens (tertiary/aromatic N) is 3. The SMILES string of the molecule is C[C@H]1[C@H](c2ccccc2)OC(=O)[C@@H]2[C@H](/C=C\CCC(=O)N1C)O[C@@]13C=CCN(c4ccc5ccccc5c4)C(=O)[C@@H]1N(CCO)C(=O)[C@@H]23. The second kappa shape index (κ2) is 12.7. The Morgan fingerprint density at radius 3 is 2.44 bits per heavy atom. The predicted molar refractivity (Wildman–Crippen MR) is 178 cm³/mol. The lowest BCUT2D eigenvalue weighted by molar-refractivity contribution is -0.164. The van der Waals surface area contributed by atoms with Crippen LogP contribution in [0.15, 0.2) is 97.1 Å². The van der Waals surface area contributed by atoms with Crippen LogP contribution in [0.4, 0.5) is 5.69 Å². The van der Waals surface area contributed by atoms with Gasteiger partial charge in [-0.2, -0.15) is 0 Å². The summed E-state index contributed by atoms with van der Waals surface area (Å²) in [7, 11) is 1.70. The van der Waals surface area contributed by atoms with Crippen LogP contribution in [-0.2, 0) is 28.7 Å². The average Bonchev–Trinajstić information content (AvgIpc) is 3.48. The number of likely N-dealkylation sites (tertiary alicyclic amines) is 1. The van der Waals surface area contributed by atoms with Crippen molar-refractivity contribution in [2.75, 3.05) is 31.6 Å². The molecular formula is C38H39N3O7. The molecule has 0 aliphatic carbocycles. The van der Waals surface area contributed by atoms with E-state index in [0.717, 1.165) is 10.8 Å². The monoisotopic (exact) mass is 649 g/mol. The third-order valence-corrected chi connectivity index (χ3v) is 10.3. The zero-order valence-corrected chi connectivity index (χ0v) is 27.0. The summed E-state index contributed by atoms with van der Waals surface area (Å²) in [6.07, 6.45) is 6.04. The van der Waals surface area contributed by atoms with Gasteiger partial charge >= 0.3 is 5.97 Å². The number of cyclic esters (lactones) is 1. The Labute approximate surface area is 279 Å². The summed E-state index contributed by atoms with van der Waals surface area (Å²) in [4.78, 5) is 61.2. The van der Waals surface area contributed by atoms with Gasteiger partial charge in [0.1, 0.15) is 23.7 Å². The first-order valence-corrected chi connectivity index (χ1v) is 16.5. The number of hydrogen-bond acceptors (Lipinski definition) is 7. The van der Waals surface area contributed by atoms with Crippen molar-refractivity contribution in [2.24, 2.45) is 11.8 Å². The summed E-state index contributed by atoms with van der Waals surface area (Å²) >= 11 is 0. The lowest BCUT2D eigenvalue weighted by Crippen LogP contribution is -2.55. The van der Waals surface area contributed by atoms with Crippen LogP contribution >= 0.6 is 0 Å². The Morgan fingerprint density at radius 1 is 0.917 bits per heavy atom. The number of allylic oxidation sites excluding steroid dienone is 1. The number of aliphatic hydroxyl groups excluding tert-OH is 1. The van der Waals surface area contributed by atoms with E-state index in [-0.39, 0.29) is 37.9 Å². The first-order chi connectivity index (χ1) is 23.2.